The van der Waals surface area contributed by atoms with Crippen molar-refractivity contribution in [2.45, 2.75) is 32.2 Å². The molecule has 0 bridgehead atoms. The van der Waals surface area contributed by atoms with Gasteiger partial charge >= 0.3 is 0 Å². The van der Waals surface area contributed by atoms with Crippen LogP contribution >= 0.6 is 0 Å². The average Bonchev–Trinajstić information content (AvgIpc) is 2.72. The lowest BCUT2D eigenvalue weighted by Crippen LogP contribution is -2.31. The van der Waals surface area contributed by atoms with Gasteiger partial charge in [0.1, 0.15) is 0 Å². The monoisotopic (exact) mass is 156 g/mol. The maximum atomic E-state index is 11.2. The number of carbonyl (C=O) groups is 1. The molecule has 0 aliphatic heterocycles. The molecule has 11 heavy (non-hydrogen) atoms. The zero-order valence-corrected chi connectivity index (χ0v) is 6.97. The summed E-state index contributed by atoms with van der Waals surface area (Å²) in [6.07, 6.45) is 3.10. The number of hydrogen-bond acceptors (Lipinski definition) is 2. The lowest BCUT2D eigenvalue weighted by atomic mass is 10.1. The minimum atomic E-state index is 0.0839. The van der Waals surface area contributed by atoms with Gasteiger partial charge in [0.2, 0.25) is 5.91 Å². The van der Waals surface area contributed by atoms with Crippen molar-refractivity contribution >= 4 is 5.91 Å². The van der Waals surface area contributed by atoms with Gasteiger partial charge in [-0.15, -0.1) is 0 Å². The fraction of sp³-hybridized carbons (Fsp3) is 0.875. The normalized spacial score (nSPS) is 19.5. The van der Waals surface area contributed by atoms with E-state index >= 15 is 0 Å². The van der Waals surface area contributed by atoms with E-state index in [1.807, 2.05) is 6.92 Å². The minimum Gasteiger partial charge on any atom is -0.353 e. The maximum Gasteiger partial charge on any atom is 0.223 e. The third kappa shape index (κ3) is 2.89. The van der Waals surface area contributed by atoms with Crippen LogP contribution in [0.5, 0.6) is 0 Å². The SMILES string of the molecule is CC(CCN)C(=O)NC1CC1. The van der Waals surface area contributed by atoms with E-state index in [9.17, 15) is 4.79 Å². The zero-order valence-electron chi connectivity index (χ0n) is 6.97. The molecule has 0 radical (unpaired) electrons. The molecule has 1 fully saturated rings. The predicted molar refractivity (Wildman–Crippen MR) is 44.0 cm³/mol. The Bertz CT molecular complexity index is 143. The number of amides is 1. The Balaban J connectivity index is 2.15. The molecule has 0 aromatic heterocycles. The first-order valence-corrected chi connectivity index (χ1v) is 4.24. The third-order valence-corrected chi connectivity index (χ3v) is 1.97. The fourth-order valence-electron chi connectivity index (χ4n) is 0.952. The molecular formula is C8H16N2O. The van der Waals surface area contributed by atoms with E-state index in [4.69, 9.17) is 5.73 Å². The maximum absolute atomic E-state index is 11.2. The summed E-state index contributed by atoms with van der Waals surface area (Å²) in [6, 6.07) is 0.475. The van der Waals surface area contributed by atoms with E-state index in [0.29, 0.717) is 12.6 Å². The Labute approximate surface area is 67.3 Å². The molecule has 0 heterocycles. The van der Waals surface area contributed by atoms with Crippen LogP contribution in [-0.2, 0) is 4.79 Å². The summed E-state index contributed by atoms with van der Waals surface area (Å²) in [6.45, 7) is 2.52. The number of nitrogens with one attached hydrogen (secondary N) is 1. The summed E-state index contributed by atoms with van der Waals surface area (Å²) in [4.78, 5) is 11.2. The van der Waals surface area contributed by atoms with Crippen LogP contribution in [0.2, 0.25) is 0 Å². The molecule has 1 atom stereocenters. The highest BCUT2D eigenvalue weighted by molar-refractivity contribution is 5.78. The summed E-state index contributed by atoms with van der Waals surface area (Å²) in [5.74, 6) is 0.249. The molecule has 0 spiro atoms. The van der Waals surface area contributed by atoms with Crippen LogP contribution in [0.3, 0.4) is 0 Å². The Hall–Kier alpha value is -0.570. The van der Waals surface area contributed by atoms with Gasteiger partial charge < -0.3 is 11.1 Å². The van der Waals surface area contributed by atoms with Gasteiger partial charge in [0, 0.05) is 12.0 Å². The Morgan fingerprint density at radius 2 is 2.36 bits per heavy atom. The van der Waals surface area contributed by atoms with Crippen molar-refractivity contribution < 1.29 is 4.79 Å². The lowest BCUT2D eigenvalue weighted by Gasteiger charge is -2.09. The highest BCUT2D eigenvalue weighted by atomic mass is 16.1. The van der Waals surface area contributed by atoms with Crippen molar-refractivity contribution in [1.82, 2.24) is 5.32 Å². The summed E-state index contributed by atoms with van der Waals surface area (Å²) in [7, 11) is 0. The molecule has 0 saturated heterocycles. The van der Waals surface area contributed by atoms with Crippen LogP contribution in [0.25, 0.3) is 0 Å². The quantitative estimate of drug-likeness (QED) is 0.613. The predicted octanol–water partition coefficient (Wildman–Crippen LogP) is 0.250. The van der Waals surface area contributed by atoms with Gasteiger partial charge in [0.05, 0.1) is 0 Å². The van der Waals surface area contributed by atoms with Crippen molar-refractivity contribution in [3.8, 4) is 0 Å². The molecule has 64 valence electrons. The second-order valence-electron chi connectivity index (χ2n) is 3.26. The van der Waals surface area contributed by atoms with Crippen LogP contribution in [-0.4, -0.2) is 18.5 Å². The molecule has 0 aromatic rings. The standard InChI is InChI=1S/C8H16N2O/c1-6(4-5-9)8(11)10-7-2-3-7/h6-7H,2-5,9H2,1H3,(H,10,11). The summed E-state index contributed by atoms with van der Waals surface area (Å²) >= 11 is 0. The Morgan fingerprint density at radius 3 is 2.82 bits per heavy atom. The van der Waals surface area contributed by atoms with Crippen LogP contribution in [0.1, 0.15) is 26.2 Å². The molecule has 1 aliphatic rings. The van der Waals surface area contributed by atoms with Crippen LogP contribution in [0, 0.1) is 5.92 Å². The number of nitrogens with two attached hydrogens (primary N) is 1. The van der Waals surface area contributed by atoms with Crippen molar-refractivity contribution in [3.63, 3.8) is 0 Å². The molecular weight excluding hydrogens is 140 g/mol. The van der Waals surface area contributed by atoms with Crippen molar-refractivity contribution in [1.29, 1.82) is 0 Å². The average molecular weight is 156 g/mol. The van der Waals surface area contributed by atoms with Gasteiger partial charge in [-0.2, -0.15) is 0 Å². The van der Waals surface area contributed by atoms with E-state index in [0.717, 1.165) is 19.3 Å². The van der Waals surface area contributed by atoms with Crippen molar-refractivity contribution in [2.75, 3.05) is 6.54 Å². The van der Waals surface area contributed by atoms with E-state index < -0.39 is 0 Å². The number of rotatable bonds is 4. The third-order valence-electron chi connectivity index (χ3n) is 1.97. The van der Waals surface area contributed by atoms with Gasteiger partial charge in [-0.1, -0.05) is 6.92 Å². The smallest absolute Gasteiger partial charge is 0.223 e. The van der Waals surface area contributed by atoms with E-state index in [2.05, 4.69) is 5.32 Å². The molecule has 3 heteroatoms. The van der Waals surface area contributed by atoms with Gasteiger partial charge in [-0.05, 0) is 25.8 Å². The van der Waals surface area contributed by atoms with E-state index in [1.165, 1.54) is 0 Å². The van der Waals surface area contributed by atoms with Crippen molar-refractivity contribution in [3.05, 3.63) is 0 Å². The zero-order chi connectivity index (χ0) is 8.27. The van der Waals surface area contributed by atoms with Gasteiger partial charge in [-0.3, -0.25) is 4.79 Å². The molecule has 3 nitrogen and oxygen atoms in total. The van der Waals surface area contributed by atoms with Gasteiger partial charge in [0.15, 0.2) is 0 Å². The van der Waals surface area contributed by atoms with Gasteiger partial charge in [-0.25, -0.2) is 0 Å². The molecule has 1 rings (SSSR count). The largest absolute Gasteiger partial charge is 0.353 e. The first-order valence-electron chi connectivity index (χ1n) is 4.24. The summed E-state index contributed by atoms with van der Waals surface area (Å²) in [5, 5.41) is 2.94. The second kappa shape index (κ2) is 3.72. The topological polar surface area (TPSA) is 55.1 Å². The van der Waals surface area contributed by atoms with Crippen LogP contribution in [0.4, 0.5) is 0 Å². The lowest BCUT2D eigenvalue weighted by molar-refractivity contribution is -0.124. The first-order chi connectivity index (χ1) is 5.24. The van der Waals surface area contributed by atoms with Crippen molar-refractivity contribution in [2.24, 2.45) is 11.7 Å². The van der Waals surface area contributed by atoms with E-state index in [-0.39, 0.29) is 11.8 Å². The van der Waals surface area contributed by atoms with Gasteiger partial charge in [0.25, 0.3) is 0 Å². The molecule has 1 aliphatic carbocycles. The fourth-order valence-corrected chi connectivity index (χ4v) is 0.952. The molecule has 3 N–H and O–H groups in total. The summed E-state index contributed by atoms with van der Waals surface area (Å²) in [5.41, 5.74) is 5.33. The molecule has 1 amide bonds. The Kier molecular flexibility index (Phi) is 2.88. The van der Waals surface area contributed by atoms with Crippen LogP contribution in [0.15, 0.2) is 0 Å². The molecule has 1 saturated carbocycles. The Morgan fingerprint density at radius 1 is 1.73 bits per heavy atom. The highest BCUT2D eigenvalue weighted by Crippen LogP contribution is 2.19. The molecule has 0 aromatic carbocycles. The number of carbonyl (C=O) groups excluding carboxylic acids is 1. The number of hydrogen-bond donors (Lipinski definition) is 2. The highest BCUT2D eigenvalue weighted by Gasteiger charge is 2.24. The molecule has 1 unspecified atom stereocenters. The summed E-state index contributed by atoms with van der Waals surface area (Å²) < 4.78 is 0. The first kappa shape index (κ1) is 8.53. The van der Waals surface area contributed by atoms with E-state index in [1.54, 1.807) is 0 Å². The minimum absolute atomic E-state index is 0.0839. The second-order valence-corrected chi connectivity index (χ2v) is 3.26. The van der Waals surface area contributed by atoms with Crippen LogP contribution < -0.4 is 11.1 Å².